The standard InChI is InChI=1S/C20H19N5O7/c1-30-15-7-6-13(11-16(15)31-2)18(26)21-8-9-22-19(27)20-23-17(24-32-20)12-4-3-5-14(10-12)25(28)29/h3-7,10-11H,8-9H2,1-2H3,(H,21,26)(H,22,27). The van der Waals surface area contributed by atoms with Gasteiger partial charge in [0.05, 0.1) is 19.1 Å². The molecule has 0 saturated heterocycles. The first-order valence-corrected chi connectivity index (χ1v) is 9.30. The smallest absolute Gasteiger partial charge is 0.316 e. The van der Waals surface area contributed by atoms with Gasteiger partial charge in [0.1, 0.15) is 0 Å². The van der Waals surface area contributed by atoms with E-state index in [4.69, 9.17) is 14.0 Å². The van der Waals surface area contributed by atoms with Crippen LogP contribution in [0.5, 0.6) is 11.5 Å². The second-order valence-corrected chi connectivity index (χ2v) is 6.31. The number of carbonyl (C=O) groups is 2. The summed E-state index contributed by atoms with van der Waals surface area (Å²) >= 11 is 0. The van der Waals surface area contributed by atoms with Crippen LogP contribution in [-0.4, -0.2) is 54.2 Å². The first-order chi connectivity index (χ1) is 15.4. The number of hydrogen-bond donors (Lipinski definition) is 2. The lowest BCUT2D eigenvalue weighted by molar-refractivity contribution is -0.384. The van der Waals surface area contributed by atoms with Crippen molar-refractivity contribution in [3.05, 3.63) is 64.0 Å². The van der Waals surface area contributed by atoms with E-state index >= 15 is 0 Å². The molecular weight excluding hydrogens is 422 g/mol. The maximum Gasteiger partial charge on any atom is 0.316 e. The quantitative estimate of drug-likeness (QED) is 0.287. The van der Waals surface area contributed by atoms with Crippen LogP contribution in [-0.2, 0) is 0 Å². The summed E-state index contributed by atoms with van der Waals surface area (Å²) in [6.45, 7) is 0.247. The molecule has 0 radical (unpaired) electrons. The van der Waals surface area contributed by atoms with E-state index in [1.165, 1.54) is 32.4 Å². The largest absolute Gasteiger partial charge is 0.493 e. The zero-order valence-electron chi connectivity index (χ0n) is 17.2. The zero-order chi connectivity index (χ0) is 23.1. The van der Waals surface area contributed by atoms with Gasteiger partial charge < -0.3 is 24.6 Å². The third-order valence-electron chi connectivity index (χ3n) is 4.28. The molecule has 12 heteroatoms. The highest BCUT2D eigenvalue weighted by Crippen LogP contribution is 2.27. The SMILES string of the molecule is COc1ccc(C(=O)NCCNC(=O)c2nc(-c3cccc([N+](=O)[O-])c3)no2)cc1OC. The van der Waals surface area contributed by atoms with Crippen LogP contribution < -0.4 is 20.1 Å². The van der Waals surface area contributed by atoms with E-state index in [1.54, 1.807) is 24.3 Å². The second kappa shape index (κ2) is 10.0. The summed E-state index contributed by atoms with van der Waals surface area (Å²) < 4.78 is 15.2. The van der Waals surface area contributed by atoms with Gasteiger partial charge in [0.2, 0.25) is 5.82 Å². The lowest BCUT2D eigenvalue weighted by atomic mass is 10.2. The molecule has 2 aromatic carbocycles. The molecular formula is C20H19N5O7. The van der Waals surface area contributed by atoms with Gasteiger partial charge in [-0.05, 0) is 18.2 Å². The molecule has 0 spiro atoms. The molecule has 0 aliphatic carbocycles. The van der Waals surface area contributed by atoms with Gasteiger partial charge in [-0.3, -0.25) is 19.7 Å². The Morgan fingerprint density at radius 2 is 1.75 bits per heavy atom. The summed E-state index contributed by atoms with van der Waals surface area (Å²) in [6, 6.07) is 10.4. The van der Waals surface area contributed by atoms with E-state index in [-0.39, 0.29) is 36.4 Å². The Labute approximate surface area is 181 Å². The number of amides is 2. The van der Waals surface area contributed by atoms with E-state index in [9.17, 15) is 19.7 Å². The second-order valence-electron chi connectivity index (χ2n) is 6.31. The number of hydrogen-bond acceptors (Lipinski definition) is 9. The van der Waals surface area contributed by atoms with Crippen LogP contribution in [0.3, 0.4) is 0 Å². The van der Waals surface area contributed by atoms with Crippen molar-refractivity contribution in [3.8, 4) is 22.9 Å². The Morgan fingerprint density at radius 1 is 1.03 bits per heavy atom. The van der Waals surface area contributed by atoms with E-state index in [0.717, 1.165) is 0 Å². The molecule has 0 unspecified atom stereocenters. The molecule has 0 bridgehead atoms. The molecule has 1 heterocycles. The molecule has 2 amide bonds. The number of nitrogens with zero attached hydrogens (tertiary/aromatic N) is 3. The van der Waals surface area contributed by atoms with Gasteiger partial charge in [-0.1, -0.05) is 17.3 Å². The number of carbonyl (C=O) groups excluding carboxylic acids is 2. The average molecular weight is 441 g/mol. The fourth-order valence-corrected chi connectivity index (χ4v) is 2.70. The van der Waals surface area contributed by atoms with E-state index < -0.39 is 10.8 Å². The molecule has 3 rings (SSSR count). The van der Waals surface area contributed by atoms with Crippen molar-refractivity contribution in [2.24, 2.45) is 0 Å². The molecule has 0 saturated carbocycles. The van der Waals surface area contributed by atoms with Gasteiger partial charge >= 0.3 is 11.8 Å². The van der Waals surface area contributed by atoms with Crippen molar-refractivity contribution in [2.45, 2.75) is 0 Å². The average Bonchev–Trinajstić information content (AvgIpc) is 3.31. The molecule has 12 nitrogen and oxygen atoms in total. The molecule has 166 valence electrons. The normalized spacial score (nSPS) is 10.3. The van der Waals surface area contributed by atoms with Crippen molar-refractivity contribution < 1.29 is 28.5 Å². The van der Waals surface area contributed by atoms with Crippen LogP contribution in [0.15, 0.2) is 47.0 Å². The van der Waals surface area contributed by atoms with E-state index in [1.807, 2.05) is 0 Å². The lowest BCUT2D eigenvalue weighted by Crippen LogP contribution is -2.34. The molecule has 2 N–H and O–H groups in total. The minimum absolute atomic E-state index is 0.0422. The van der Waals surface area contributed by atoms with Gasteiger partial charge in [0.25, 0.3) is 11.6 Å². The lowest BCUT2D eigenvalue weighted by Gasteiger charge is -2.10. The first kappa shape index (κ1) is 22.2. The Hall–Kier alpha value is -4.48. The molecule has 0 aliphatic heterocycles. The maximum absolute atomic E-state index is 12.3. The van der Waals surface area contributed by atoms with Crippen LogP contribution in [0.2, 0.25) is 0 Å². The molecule has 0 fully saturated rings. The fraction of sp³-hybridized carbons (Fsp3) is 0.200. The molecule has 0 atom stereocenters. The highest BCUT2D eigenvalue weighted by atomic mass is 16.6. The van der Waals surface area contributed by atoms with Crippen molar-refractivity contribution in [1.82, 2.24) is 20.8 Å². The Balaban J connectivity index is 1.52. The van der Waals surface area contributed by atoms with Crippen LogP contribution >= 0.6 is 0 Å². The Morgan fingerprint density at radius 3 is 2.44 bits per heavy atom. The topological polar surface area (TPSA) is 159 Å². The predicted molar refractivity (Wildman–Crippen MR) is 111 cm³/mol. The van der Waals surface area contributed by atoms with Crippen molar-refractivity contribution in [2.75, 3.05) is 27.3 Å². The van der Waals surface area contributed by atoms with Crippen molar-refractivity contribution in [1.29, 1.82) is 0 Å². The third-order valence-corrected chi connectivity index (χ3v) is 4.28. The van der Waals surface area contributed by atoms with Gasteiger partial charge in [-0.25, -0.2) is 0 Å². The number of rotatable bonds is 9. The summed E-state index contributed by atoms with van der Waals surface area (Å²) in [5, 5.41) is 19.8. The number of nitrogens with one attached hydrogen (secondary N) is 2. The van der Waals surface area contributed by atoms with Crippen molar-refractivity contribution in [3.63, 3.8) is 0 Å². The highest BCUT2D eigenvalue weighted by molar-refractivity contribution is 5.95. The summed E-state index contributed by atoms with van der Waals surface area (Å²) in [5.74, 6) is -0.344. The van der Waals surface area contributed by atoms with Crippen LogP contribution in [0, 0.1) is 10.1 Å². The summed E-state index contributed by atoms with van der Waals surface area (Å²) in [6.07, 6.45) is 0. The molecule has 1 aromatic heterocycles. The molecule has 3 aromatic rings. The fourth-order valence-electron chi connectivity index (χ4n) is 2.70. The number of ether oxygens (including phenoxy) is 2. The zero-order valence-corrected chi connectivity index (χ0v) is 17.2. The summed E-state index contributed by atoms with van der Waals surface area (Å²) in [7, 11) is 2.97. The van der Waals surface area contributed by atoms with E-state index in [2.05, 4.69) is 20.8 Å². The summed E-state index contributed by atoms with van der Waals surface area (Å²) in [5.41, 5.74) is 0.570. The van der Waals surface area contributed by atoms with Crippen LogP contribution in [0.4, 0.5) is 5.69 Å². The van der Waals surface area contributed by atoms with Gasteiger partial charge in [-0.15, -0.1) is 0 Å². The predicted octanol–water partition coefficient (Wildman–Crippen LogP) is 1.82. The summed E-state index contributed by atoms with van der Waals surface area (Å²) in [4.78, 5) is 38.7. The van der Waals surface area contributed by atoms with Crippen LogP contribution in [0.25, 0.3) is 11.4 Å². The molecule has 32 heavy (non-hydrogen) atoms. The van der Waals surface area contributed by atoms with Gasteiger partial charge in [0.15, 0.2) is 11.5 Å². The number of nitro benzene ring substituents is 1. The number of methoxy groups -OCH3 is 2. The molecule has 0 aliphatic rings. The number of nitro groups is 1. The van der Waals surface area contributed by atoms with E-state index in [0.29, 0.717) is 22.6 Å². The minimum atomic E-state index is -0.644. The third kappa shape index (κ3) is 5.16. The highest BCUT2D eigenvalue weighted by Gasteiger charge is 2.17. The maximum atomic E-state index is 12.3. The Bertz CT molecular complexity index is 1140. The Kier molecular flexibility index (Phi) is 6.95. The minimum Gasteiger partial charge on any atom is -0.493 e. The monoisotopic (exact) mass is 441 g/mol. The number of aromatic nitrogens is 2. The first-order valence-electron chi connectivity index (χ1n) is 9.30. The van der Waals surface area contributed by atoms with Gasteiger partial charge in [0, 0.05) is 36.3 Å². The number of non-ortho nitro benzene ring substituents is 1. The number of benzene rings is 2. The van der Waals surface area contributed by atoms with Crippen LogP contribution in [0.1, 0.15) is 21.0 Å². The van der Waals surface area contributed by atoms with Crippen molar-refractivity contribution >= 4 is 17.5 Å². The van der Waals surface area contributed by atoms with Gasteiger partial charge in [-0.2, -0.15) is 4.98 Å².